The van der Waals surface area contributed by atoms with Gasteiger partial charge in [-0.15, -0.1) is 0 Å². The second-order valence-corrected chi connectivity index (χ2v) is 3.52. The van der Waals surface area contributed by atoms with Crippen LogP contribution in [0, 0.1) is 5.92 Å². The lowest BCUT2D eigenvalue weighted by molar-refractivity contribution is 0.382. The summed E-state index contributed by atoms with van der Waals surface area (Å²) < 4.78 is 0. The first-order valence-corrected chi connectivity index (χ1v) is 4.58. The lowest BCUT2D eigenvalue weighted by Gasteiger charge is -2.24. The van der Waals surface area contributed by atoms with Gasteiger partial charge in [-0.3, -0.25) is 4.99 Å². The minimum absolute atomic E-state index is 0.495. The molecule has 0 aromatic rings. The van der Waals surface area contributed by atoms with Crippen molar-refractivity contribution in [2.24, 2.45) is 16.6 Å². The van der Waals surface area contributed by atoms with Crippen molar-refractivity contribution >= 4 is 5.96 Å². The van der Waals surface area contributed by atoms with Crippen LogP contribution in [0.4, 0.5) is 0 Å². The van der Waals surface area contributed by atoms with Gasteiger partial charge in [0.1, 0.15) is 0 Å². The van der Waals surface area contributed by atoms with Crippen LogP contribution < -0.4 is 11.1 Å². The molecule has 0 aromatic carbocycles. The van der Waals surface area contributed by atoms with Crippen molar-refractivity contribution in [3.8, 4) is 0 Å². The summed E-state index contributed by atoms with van der Waals surface area (Å²) in [6.07, 6.45) is 8.19. The van der Waals surface area contributed by atoms with Crippen molar-refractivity contribution in [1.82, 2.24) is 5.32 Å². The smallest absolute Gasteiger partial charge is 0.188 e. The fourth-order valence-corrected chi connectivity index (χ4v) is 1.93. The number of hydrogen-bond acceptors (Lipinski definition) is 3. The minimum atomic E-state index is 0.495. The van der Waals surface area contributed by atoms with Crippen molar-refractivity contribution in [3.05, 3.63) is 12.2 Å². The molecule has 2 rings (SSSR count). The van der Waals surface area contributed by atoms with E-state index in [1.165, 1.54) is 19.3 Å². The minimum Gasteiger partial charge on any atom is -0.370 e. The van der Waals surface area contributed by atoms with E-state index < -0.39 is 0 Å². The standard InChI is InChI=1S/C9H15N3/c10-9-11-6-8(12-9)7-4-2-1-3-5-7/h1-2,7-8H,3-6H2,(H3,10,11,12). The molecule has 3 N–H and O–H groups in total. The van der Waals surface area contributed by atoms with Gasteiger partial charge in [0.05, 0.1) is 12.6 Å². The average Bonchev–Trinajstić information content (AvgIpc) is 2.54. The molecule has 0 spiro atoms. The third-order valence-electron chi connectivity index (χ3n) is 2.67. The number of guanidine groups is 1. The van der Waals surface area contributed by atoms with Crippen LogP contribution in [0.1, 0.15) is 19.3 Å². The summed E-state index contributed by atoms with van der Waals surface area (Å²) in [7, 11) is 0. The van der Waals surface area contributed by atoms with Crippen LogP contribution in [0.2, 0.25) is 0 Å². The maximum atomic E-state index is 5.55. The highest BCUT2D eigenvalue weighted by Gasteiger charge is 2.24. The van der Waals surface area contributed by atoms with Gasteiger partial charge in [-0.1, -0.05) is 12.2 Å². The molecule has 1 aliphatic heterocycles. The fourth-order valence-electron chi connectivity index (χ4n) is 1.93. The van der Waals surface area contributed by atoms with Gasteiger partial charge in [0.25, 0.3) is 0 Å². The number of nitrogens with two attached hydrogens (primary N) is 1. The third kappa shape index (κ3) is 1.44. The molecule has 2 unspecified atom stereocenters. The van der Waals surface area contributed by atoms with E-state index in [0.717, 1.165) is 12.5 Å². The Bertz CT molecular complexity index is 220. The molecule has 1 aliphatic carbocycles. The topological polar surface area (TPSA) is 50.4 Å². The third-order valence-corrected chi connectivity index (χ3v) is 2.67. The largest absolute Gasteiger partial charge is 0.370 e. The predicted octanol–water partition coefficient (Wildman–Crippen LogP) is 0.629. The average molecular weight is 165 g/mol. The van der Waals surface area contributed by atoms with E-state index in [1.54, 1.807) is 0 Å². The summed E-state index contributed by atoms with van der Waals surface area (Å²) in [6.45, 7) is 0.865. The fraction of sp³-hybridized carbons (Fsp3) is 0.667. The Morgan fingerprint density at radius 3 is 3.00 bits per heavy atom. The summed E-state index contributed by atoms with van der Waals surface area (Å²) in [6, 6.07) is 0.495. The quantitative estimate of drug-likeness (QED) is 0.560. The lowest BCUT2D eigenvalue weighted by Crippen LogP contribution is -2.40. The molecule has 0 aromatic heterocycles. The Hall–Kier alpha value is -0.990. The summed E-state index contributed by atoms with van der Waals surface area (Å²) in [4.78, 5) is 4.15. The molecule has 66 valence electrons. The van der Waals surface area contributed by atoms with Gasteiger partial charge >= 0.3 is 0 Å². The molecule has 0 fully saturated rings. The molecule has 12 heavy (non-hydrogen) atoms. The van der Waals surface area contributed by atoms with E-state index in [1.807, 2.05) is 0 Å². The first-order valence-electron chi connectivity index (χ1n) is 4.58. The van der Waals surface area contributed by atoms with Crippen LogP contribution in [0.25, 0.3) is 0 Å². The molecule has 3 heteroatoms. The normalized spacial score (nSPS) is 34.5. The molecule has 0 saturated carbocycles. The number of allylic oxidation sites excluding steroid dienone is 2. The van der Waals surface area contributed by atoms with Crippen molar-refractivity contribution in [2.75, 3.05) is 6.54 Å². The molecular formula is C9H15N3. The molecule has 0 saturated heterocycles. The second-order valence-electron chi connectivity index (χ2n) is 3.52. The van der Waals surface area contributed by atoms with Gasteiger partial charge < -0.3 is 11.1 Å². The van der Waals surface area contributed by atoms with Gasteiger partial charge in [-0.2, -0.15) is 0 Å². The van der Waals surface area contributed by atoms with Crippen LogP contribution in [-0.2, 0) is 0 Å². The highest BCUT2D eigenvalue weighted by Crippen LogP contribution is 2.22. The summed E-state index contributed by atoms with van der Waals surface area (Å²) in [5, 5.41) is 3.22. The van der Waals surface area contributed by atoms with Crippen molar-refractivity contribution < 1.29 is 0 Å². The van der Waals surface area contributed by atoms with Crippen LogP contribution in [0.5, 0.6) is 0 Å². The van der Waals surface area contributed by atoms with Crippen LogP contribution >= 0.6 is 0 Å². The first-order chi connectivity index (χ1) is 5.86. The van der Waals surface area contributed by atoms with Crippen LogP contribution in [-0.4, -0.2) is 18.5 Å². The first kappa shape index (κ1) is 7.65. The molecule has 0 bridgehead atoms. The van der Waals surface area contributed by atoms with Gasteiger partial charge in [0.2, 0.25) is 0 Å². The molecule has 0 radical (unpaired) electrons. The Morgan fingerprint density at radius 1 is 1.50 bits per heavy atom. The summed E-state index contributed by atoms with van der Waals surface area (Å²) >= 11 is 0. The van der Waals surface area contributed by atoms with Crippen LogP contribution in [0.15, 0.2) is 17.1 Å². The van der Waals surface area contributed by atoms with Gasteiger partial charge in [-0.25, -0.2) is 0 Å². The molecule has 1 heterocycles. The Morgan fingerprint density at radius 2 is 2.42 bits per heavy atom. The van der Waals surface area contributed by atoms with Crippen molar-refractivity contribution in [1.29, 1.82) is 0 Å². The number of rotatable bonds is 1. The van der Waals surface area contributed by atoms with Gasteiger partial charge in [-0.05, 0) is 25.2 Å². The molecule has 3 nitrogen and oxygen atoms in total. The number of nitrogens with one attached hydrogen (secondary N) is 1. The predicted molar refractivity (Wildman–Crippen MR) is 49.9 cm³/mol. The molecule has 0 amide bonds. The zero-order chi connectivity index (χ0) is 8.39. The second kappa shape index (κ2) is 3.17. The van der Waals surface area contributed by atoms with Crippen LogP contribution in [0.3, 0.4) is 0 Å². The van der Waals surface area contributed by atoms with E-state index in [0.29, 0.717) is 12.0 Å². The van der Waals surface area contributed by atoms with E-state index in [4.69, 9.17) is 5.73 Å². The summed E-state index contributed by atoms with van der Waals surface area (Å²) in [5.74, 6) is 1.36. The molecular weight excluding hydrogens is 150 g/mol. The summed E-state index contributed by atoms with van der Waals surface area (Å²) in [5.41, 5.74) is 5.55. The lowest BCUT2D eigenvalue weighted by atomic mass is 9.88. The highest BCUT2D eigenvalue weighted by molar-refractivity contribution is 5.79. The van der Waals surface area contributed by atoms with Crippen molar-refractivity contribution in [3.63, 3.8) is 0 Å². The Kier molecular flexibility index (Phi) is 2.02. The zero-order valence-electron chi connectivity index (χ0n) is 7.16. The van der Waals surface area contributed by atoms with Gasteiger partial charge in [0, 0.05) is 0 Å². The van der Waals surface area contributed by atoms with Gasteiger partial charge in [0.15, 0.2) is 5.96 Å². The molecule has 2 aliphatic rings. The number of hydrogen-bond donors (Lipinski definition) is 2. The van der Waals surface area contributed by atoms with E-state index >= 15 is 0 Å². The monoisotopic (exact) mass is 165 g/mol. The SMILES string of the molecule is NC1=NCC(C2CC=CCC2)N1. The molecule has 2 atom stereocenters. The Labute approximate surface area is 72.7 Å². The number of nitrogens with zero attached hydrogens (tertiary/aromatic N) is 1. The van der Waals surface area contributed by atoms with E-state index in [9.17, 15) is 0 Å². The number of aliphatic imine (C=N–C) groups is 1. The maximum absolute atomic E-state index is 5.55. The zero-order valence-corrected chi connectivity index (χ0v) is 7.16. The maximum Gasteiger partial charge on any atom is 0.188 e. The van der Waals surface area contributed by atoms with E-state index in [-0.39, 0.29) is 0 Å². The van der Waals surface area contributed by atoms with Crippen molar-refractivity contribution in [2.45, 2.75) is 25.3 Å². The Balaban J connectivity index is 1.90. The highest BCUT2D eigenvalue weighted by atomic mass is 15.2. The van der Waals surface area contributed by atoms with E-state index in [2.05, 4.69) is 22.5 Å².